The largest absolute Gasteiger partial charge is 0.480 e. The van der Waals surface area contributed by atoms with Gasteiger partial charge < -0.3 is 20.1 Å². The first kappa shape index (κ1) is 24.3. The molecule has 11 heteroatoms. The molecule has 0 aliphatic carbocycles. The van der Waals surface area contributed by atoms with E-state index < -0.39 is 24.3 Å². The number of carboxylic acid groups (broad SMARTS) is 1. The van der Waals surface area contributed by atoms with Crippen LogP contribution in [0.25, 0.3) is 11.0 Å². The minimum Gasteiger partial charge on any atom is -0.480 e. The quantitative estimate of drug-likeness (QED) is 0.533. The second-order valence-corrected chi connectivity index (χ2v) is 7.53. The summed E-state index contributed by atoms with van der Waals surface area (Å²) in [5, 5.41) is 15.0. The van der Waals surface area contributed by atoms with Crippen LogP contribution in [0.5, 0.6) is 0 Å². The van der Waals surface area contributed by atoms with Crippen LogP contribution in [0.15, 0.2) is 53.3 Å². The number of carbonyl (C=O) groups is 1. The highest BCUT2D eigenvalue weighted by Gasteiger charge is 2.31. The molecule has 1 aromatic heterocycles. The van der Waals surface area contributed by atoms with E-state index in [1.165, 1.54) is 12.1 Å². The fraction of sp³-hybridized carbons (Fsp3) is 0.364. The maximum absolute atomic E-state index is 12.9. The van der Waals surface area contributed by atoms with Gasteiger partial charge in [0, 0.05) is 45.0 Å². The number of nitrogens with zero attached hydrogens (tertiary/aromatic N) is 3. The minimum absolute atomic E-state index is 0.121. The molecule has 1 fully saturated rings. The summed E-state index contributed by atoms with van der Waals surface area (Å²) in [4.78, 5) is 28.3. The van der Waals surface area contributed by atoms with Gasteiger partial charge in [0.15, 0.2) is 0 Å². The lowest BCUT2D eigenvalue weighted by Crippen LogP contribution is -2.47. The summed E-state index contributed by atoms with van der Waals surface area (Å²) in [6, 6.07) is 13.1. The summed E-state index contributed by atoms with van der Waals surface area (Å²) in [7, 11) is 0. The zero-order valence-electron chi connectivity index (χ0n) is 17.8. The average Bonchev–Trinajstić information content (AvgIpc) is 3.13. The Morgan fingerprint density at radius 2 is 1.67 bits per heavy atom. The van der Waals surface area contributed by atoms with E-state index in [1.807, 2.05) is 29.2 Å². The first-order chi connectivity index (χ1) is 15.7. The molecular formula is C22H25F3N4O4. The van der Waals surface area contributed by atoms with Crippen molar-refractivity contribution in [3.8, 4) is 0 Å². The van der Waals surface area contributed by atoms with Crippen molar-refractivity contribution in [2.45, 2.75) is 12.7 Å². The smallest absolute Gasteiger partial charge is 0.416 e. The molecule has 0 unspecified atom stereocenters. The van der Waals surface area contributed by atoms with E-state index in [9.17, 15) is 18.0 Å². The van der Waals surface area contributed by atoms with Crippen molar-refractivity contribution in [3.63, 3.8) is 0 Å². The molecule has 0 amide bonds. The Balaban J connectivity index is 0.000000555. The number of halogens is 3. The van der Waals surface area contributed by atoms with Crippen molar-refractivity contribution in [2.75, 3.05) is 44.2 Å². The molecule has 0 radical (unpaired) electrons. The number of aromatic amines is 1. The highest BCUT2D eigenvalue weighted by Crippen LogP contribution is 2.31. The van der Waals surface area contributed by atoms with E-state index in [-0.39, 0.29) is 5.69 Å². The Morgan fingerprint density at radius 1 is 1.00 bits per heavy atom. The summed E-state index contributed by atoms with van der Waals surface area (Å²) in [5.74, 6) is -1.19. The van der Waals surface area contributed by atoms with Gasteiger partial charge in [-0.2, -0.15) is 13.2 Å². The van der Waals surface area contributed by atoms with Crippen molar-refractivity contribution in [1.29, 1.82) is 0 Å². The van der Waals surface area contributed by atoms with Crippen LogP contribution in [0.1, 0.15) is 5.56 Å². The van der Waals surface area contributed by atoms with Crippen molar-refractivity contribution < 1.29 is 28.2 Å². The summed E-state index contributed by atoms with van der Waals surface area (Å²) in [5.41, 5.74) is 1.56. The first-order valence-electron chi connectivity index (χ1n) is 10.3. The van der Waals surface area contributed by atoms with Crippen LogP contribution in [-0.4, -0.2) is 70.0 Å². The van der Waals surface area contributed by atoms with Gasteiger partial charge in [0.2, 0.25) is 0 Å². The molecule has 0 saturated carbocycles. The van der Waals surface area contributed by atoms with Crippen LogP contribution in [-0.2, 0) is 17.5 Å². The van der Waals surface area contributed by atoms with Crippen LogP contribution >= 0.6 is 0 Å². The molecule has 8 nitrogen and oxygen atoms in total. The van der Waals surface area contributed by atoms with Gasteiger partial charge >= 0.3 is 17.8 Å². The standard InChI is InChI=1S/C20H21F3N4O.C2H4O3/c21-20(22,23)15-4-3-5-16(14-15)26-11-8-25(9-12-26)10-13-27-18-7-2-1-6-17(18)24-19(27)28;3-1-2(4)5/h1-7,14H,8-13H2,(H,24,28);3H,1H2,(H,4,5). The fourth-order valence-electron chi connectivity index (χ4n) is 3.68. The van der Waals surface area contributed by atoms with E-state index in [0.717, 1.165) is 36.7 Å². The number of benzene rings is 2. The highest BCUT2D eigenvalue weighted by molar-refractivity contribution is 5.74. The molecule has 2 aromatic carbocycles. The molecule has 2 heterocycles. The Labute approximate surface area is 187 Å². The number of H-pyrrole nitrogens is 1. The Kier molecular flexibility index (Phi) is 7.77. The number of nitrogens with one attached hydrogen (secondary N) is 1. The molecule has 3 aromatic rings. The van der Waals surface area contributed by atoms with Crippen molar-refractivity contribution >= 4 is 22.7 Å². The molecule has 1 aliphatic rings. The van der Waals surface area contributed by atoms with Crippen LogP contribution in [0, 0.1) is 0 Å². The van der Waals surface area contributed by atoms with E-state index >= 15 is 0 Å². The van der Waals surface area contributed by atoms with Crippen LogP contribution < -0.4 is 10.6 Å². The van der Waals surface area contributed by atoms with Gasteiger partial charge in [-0.3, -0.25) is 9.47 Å². The summed E-state index contributed by atoms with van der Waals surface area (Å²) >= 11 is 0. The van der Waals surface area contributed by atoms with Gasteiger partial charge in [0.25, 0.3) is 0 Å². The number of carboxylic acids is 1. The Hall–Kier alpha value is -3.31. The molecule has 4 rings (SSSR count). The number of piperazine rings is 1. The predicted molar refractivity (Wildman–Crippen MR) is 117 cm³/mol. The predicted octanol–water partition coefficient (Wildman–Crippen LogP) is 2.23. The van der Waals surface area contributed by atoms with E-state index in [1.54, 1.807) is 10.6 Å². The van der Waals surface area contributed by atoms with Crippen molar-refractivity contribution in [1.82, 2.24) is 14.5 Å². The number of fused-ring (bicyclic) bond motifs is 1. The van der Waals surface area contributed by atoms with Gasteiger partial charge in [-0.1, -0.05) is 18.2 Å². The third kappa shape index (κ3) is 6.36. The second-order valence-electron chi connectivity index (χ2n) is 7.53. The SMILES string of the molecule is O=C(O)CO.O=c1[nH]c2ccccc2n1CCN1CCN(c2cccc(C(F)(F)F)c2)CC1. The van der Waals surface area contributed by atoms with E-state index in [2.05, 4.69) is 9.88 Å². The number of rotatable bonds is 5. The number of aromatic nitrogens is 2. The Morgan fingerprint density at radius 3 is 2.30 bits per heavy atom. The molecule has 33 heavy (non-hydrogen) atoms. The number of aliphatic carboxylic acids is 1. The molecule has 0 atom stereocenters. The topological polar surface area (TPSA) is 102 Å². The second kappa shape index (κ2) is 10.5. The maximum Gasteiger partial charge on any atom is 0.416 e. The fourth-order valence-corrected chi connectivity index (χ4v) is 3.68. The zero-order chi connectivity index (χ0) is 24.0. The molecule has 178 valence electrons. The van der Waals surface area contributed by atoms with Crippen LogP contribution in [0.2, 0.25) is 0 Å². The number of imidazole rings is 1. The van der Waals surface area contributed by atoms with Gasteiger partial charge in [0.1, 0.15) is 6.61 Å². The lowest BCUT2D eigenvalue weighted by Gasteiger charge is -2.36. The molecule has 0 bridgehead atoms. The third-order valence-corrected chi connectivity index (χ3v) is 5.37. The van der Waals surface area contributed by atoms with Gasteiger partial charge in [-0.05, 0) is 30.3 Å². The number of para-hydroxylation sites is 2. The summed E-state index contributed by atoms with van der Waals surface area (Å²) in [6.07, 6.45) is -4.33. The van der Waals surface area contributed by atoms with Gasteiger partial charge in [-0.25, -0.2) is 9.59 Å². The number of aliphatic hydroxyl groups is 1. The van der Waals surface area contributed by atoms with Gasteiger partial charge in [-0.15, -0.1) is 0 Å². The van der Waals surface area contributed by atoms with Crippen LogP contribution in [0.3, 0.4) is 0 Å². The molecule has 1 aliphatic heterocycles. The number of hydrogen-bond acceptors (Lipinski definition) is 5. The van der Waals surface area contributed by atoms with Crippen molar-refractivity contribution in [2.24, 2.45) is 0 Å². The minimum atomic E-state index is -4.33. The normalized spacial score (nSPS) is 14.7. The monoisotopic (exact) mass is 466 g/mol. The highest BCUT2D eigenvalue weighted by atomic mass is 19.4. The van der Waals surface area contributed by atoms with Crippen molar-refractivity contribution in [3.05, 3.63) is 64.6 Å². The molecular weight excluding hydrogens is 441 g/mol. The van der Waals surface area contributed by atoms with Crippen LogP contribution in [0.4, 0.5) is 18.9 Å². The summed E-state index contributed by atoms with van der Waals surface area (Å²) in [6.45, 7) is 3.32. The lowest BCUT2D eigenvalue weighted by atomic mass is 10.1. The van der Waals surface area contributed by atoms with E-state index in [0.29, 0.717) is 25.3 Å². The number of hydrogen-bond donors (Lipinski definition) is 3. The first-order valence-corrected chi connectivity index (χ1v) is 10.3. The zero-order valence-corrected chi connectivity index (χ0v) is 17.8. The Bertz CT molecular complexity index is 1130. The number of aliphatic hydroxyl groups excluding tert-OH is 1. The molecule has 1 saturated heterocycles. The number of anilines is 1. The summed E-state index contributed by atoms with van der Waals surface area (Å²) < 4.78 is 40.5. The number of alkyl halides is 3. The molecule has 3 N–H and O–H groups in total. The molecule has 0 spiro atoms. The average molecular weight is 466 g/mol. The third-order valence-electron chi connectivity index (χ3n) is 5.37. The van der Waals surface area contributed by atoms with E-state index in [4.69, 9.17) is 15.0 Å². The lowest BCUT2D eigenvalue weighted by molar-refractivity contribution is -0.140. The maximum atomic E-state index is 12.9. The van der Waals surface area contributed by atoms with Gasteiger partial charge in [0.05, 0.1) is 16.6 Å².